The topological polar surface area (TPSA) is 43.4 Å². The first-order valence-corrected chi connectivity index (χ1v) is 5.88. The Morgan fingerprint density at radius 1 is 1.21 bits per heavy atom. The van der Waals surface area contributed by atoms with Gasteiger partial charge >= 0.3 is 5.97 Å². The predicted octanol–water partition coefficient (Wildman–Crippen LogP) is 2.96. The van der Waals surface area contributed by atoms with Gasteiger partial charge < -0.3 is 4.74 Å². The summed E-state index contributed by atoms with van der Waals surface area (Å²) >= 11 is 0. The molecule has 0 atom stereocenters. The van der Waals surface area contributed by atoms with E-state index in [4.69, 9.17) is 4.74 Å². The van der Waals surface area contributed by atoms with Crippen LogP contribution in [0.5, 0.6) is 0 Å². The van der Waals surface area contributed by atoms with Crippen LogP contribution in [0.4, 0.5) is 0 Å². The molecule has 0 amide bonds. The third-order valence-corrected chi connectivity index (χ3v) is 2.50. The van der Waals surface area contributed by atoms with Crippen LogP contribution in [0.2, 0.25) is 0 Å². The number of rotatable bonds is 6. The minimum absolute atomic E-state index is 0.0589. The molecule has 0 spiro atoms. The molecule has 4 heteroatoms. The molecule has 0 bridgehead atoms. The molecule has 0 unspecified atom stereocenters. The summed E-state index contributed by atoms with van der Waals surface area (Å²) < 4.78 is 15.4. The Labute approximate surface area is 86.7 Å². The van der Waals surface area contributed by atoms with Gasteiger partial charge in [0.1, 0.15) is 0 Å². The maximum atomic E-state index is 11.5. The van der Waals surface area contributed by atoms with Crippen molar-refractivity contribution in [3.8, 4) is 0 Å². The molecule has 0 aromatic heterocycles. The first-order valence-electron chi connectivity index (χ1n) is 4.88. The van der Waals surface area contributed by atoms with Crippen molar-refractivity contribution in [3.05, 3.63) is 11.1 Å². The largest absolute Gasteiger partial charge is 0.463 e. The van der Waals surface area contributed by atoms with E-state index in [0.29, 0.717) is 24.8 Å². The van der Waals surface area contributed by atoms with Crippen LogP contribution in [0.15, 0.2) is 11.1 Å². The number of carbonyl (C=O) groups is 1. The first-order chi connectivity index (χ1) is 6.71. The van der Waals surface area contributed by atoms with Gasteiger partial charge in [-0.2, -0.15) is 0 Å². The van der Waals surface area contributed by atoms with Crippen LogP contribution in [0.3, 0.4) is 0 Å². The molecule has 3 nitrogen and oxygen atoms in total. The van der Waals surface area contributed by atoms with E-state index in [-0.39, 0.29) is 14.4 Å². The van der Waals surface area contributed by atoms with Crippen LogP contribution in [0.25, 0.3) is 0 Å². The van der Waals surface area contributed by atoms with Crippen LogP contribution in [-0.2, 0) is 14.1 Å². The Hall–Kier alpha value is -0.690. The maximum absolute atomic E-state index is 11.5. The van der Waals surface area contributed by atoms with E-state index in [0.717, 1.165) is 12.0 Å². The summed E-state index contributed by atoms with van der Waals surface area (Å²) in [5.74, 6) is -0.268. The van der Waals surface area contributed by atoms with Crippen molar-refractivity contribution in [1.82, 2.24) is 0 Å². The predicted molar refractivity (Wildman–Crippen MR) is 56.7 cm³/mol. The summed E-state index contributed by atoms with van der Waals surface area (Å²) in [7, 11) is 0.0589. The highest BCUT2D eigenvalue weighted by atomic mass is 31.1. The molecule has 0 aromatic rings. The van der Waals surface area contributed by atoms with Gasteiger partial charge in [0.2, 0.25) is 0 Å². The monoisotopic (exact) mass is 216 g/mol. The Balaban J connectivity index is 4.76. The van der Waals surface area contributed by atoms with E-state index in [2.05, 4.69) is 0 Å². The van der Waals surface area contributed by atoms with Crippen molar-refractivity contribution in [3.63, 3.8) is 0 Å². The van der Waals surface area contributed by atoms with Gasteiger partial charge in [-0.15, -0.1) is 0 Å². The van der Waals surface area contributed by atoms with Gasteiger partial charge in [-0.05, 0) is 25.3 Å². The third kappa shape index (κ3) is 4.01. The average molecular weight is 216 g/mol. The highest BCUT2D eigenvalue weighted by Crippen LogP contribution is 2.17. The molecular formula is C10H17O3P. The van der Waals surface area contributed by atoms with Crippen LogP contribution >= 0.6 is 8.46 Å². The molecule has 0 radical (unpaired) electrons. The third-order valence-electron chi connectivity index (χ3n) is 1.98. The lowest BCUT2D eigenvalue weighted by Gasteiger charge is -2.09. The molecule has 0 aliphatic rings. The van der Waals surface area contributed by atoms with Gasteiger partial charge in [-0.3, -0.25) is 4.57 Å². The molecule has 14 heavy (non-hydrogen) atoms. The van der Waals surface area contributed by atoms with Crippen LogP contribution in [-0.4, -0.2) is 18.7 Å². The molecule has 0 N–H and O–H groups in total. The maximum Gasteiger partial charge on any atom is 0.333 e. The Morgan fingerprint density at radius 3 is 2.21 bits per heavy atom. The van der Waals surface area contributed by atoms with E-state index in [1.807, 2.05) is 13.8 Å². The standard InChI is InChI=1S/C10H17O3P/c1-4-8(7-14-12)9(5-2)10(11)13-6-3/h4-7H2,1-3H3/b9-8+. The second-order valence-corrected chi connectivity index (χ2v) is 3.37. The normalized spacial score (nSPS) is 12.5. The molecule has 0 saturated heterocycles. The molecule has 0 aliphatic carbocycles. The van der Waals surface area contributed by atoms with Crippen molar-refractivity contribution < 1.29 is 14.1 Å². The highest BCUT2D eigenvalue weighted by molar-refractivity contribution is 7.24. The number of carbonyl (C=O) groups excluding carboxylic acids is 1. The zero-order valence-electron chi connectivity index (χ0n) is 9.00. The minimum atomic E-state index is -0.268. The van der Waals surface area contributed by atoms with E-state index < -0.39 is 0 Å². The fourth-order valence-electron chi connectivity index (χ4n) is 1.26. The summed E-state index contributed by atoms with van der Waals surface area (Å²) in [5.41, 5.74) is 1.61. The number of esters is 1. The molecule has 0 aliphatic heterocycles. The summed E-state index contributed by atoms with van der Waals surface area (Å²) in [4.78, 5) is 11.5. The Bertz CT molecular complexity index is 234. The fourth-order valence-corrected chi connectivity index (χ4v) is 1.83. The zero-order valence-corrected chi connectivity index (χ0v) is 9.89. The van der Waals surface area contributed by atoms with E-state index >= 15 is 0 Å². The zero-order chi connectivity index (χ0) is 11.0. The van der Waals surface area contributed by atoms with Crippen molar-refractivity contribution in [2.75, 3.05) is 12.8 Å². The number of ether oxygens (including phenoxy) is 1. The summed E-state index contributed by atoms with van der Waals surface area (Å²) in [6.07, 6.45) is 1.81. The van der Waals surface area contributed by atoms with Gasteiger partial charge in [-0.1, -0.05) is 13.8 Å². The smallest absolute Gasteiger partial charge is 0.333 e. The van der Waals surface area contributed by atoms with E-state index in [9.17, 15) is 9.36 Å². The van der Waals surface area contributed by atoms with Crippen molar-refractivity contribution in [2.45, 2.75) is 33.6 Å². The number of allylic oxidation sites excluding steroid dienone is 1. The van der Waals surface area contributed by atoms with Gasteiger partial charge in [0.15, 0.2) is 8.46 Å². The summed E-state index contributed by atoms with van der Waals surface area (Å²) in [5, 5.41) is 0. The second kappa shape index (κ2) is 7.69. The van der Waals surface area contributed by atoms with Gasteiger partial charge in [0, 0.05) is 5.57 Å². The molecule has 0 fully saturated rings. The lowest BCUT2D eigenvalue weighted by Crippen LogP contribution is -2.10. The minimum Gasteiger partial charge on any atom is -0.463 e. The molecule has 0 aromatic carbocycles. The van der Waals surface area contributed by atoms with Crippen molar-refractivity contribution in [1.29, 1.82) is 0 Å². The SMILES string of the molecule is CCOC(=O)/C(CC)=C(\CC)CP=O. The average Bonchev–Trinajstić information content (AvgIpc) is 2.18. The van der Waals surface area contributed by atoms with E-state index in [1.165, 1.54) is 0 Å². The van der Waals surface area contributed by atoms with Crippen molar-refractivity contribution in [2.24, 2.45) is 0 Å². The van der Waals surface area contributed by atoms with Crippen LogP contribution in [0, 0.1) is 0 Å². The van der Waals surface area contributed by atoms with Gasteiger partial charge in [-0.25, -0.2) is 4.79 Å². The Kier molecular flexibility index (Phi) is 7.31. The fraction of sp³-hybridized carbons (Fsp3) is 0.700. The molecular weight excluding hydrogens is 199 g/mol. The lowest BCUT2D eigenvalue weighted by molar-refractivity contribution is -0.138. The quantitative estimate of drug-likeness (QED) is 0.389. The number of hydrogen-bond donors (Lipinski definition) is 0. The Morgan fingerprint density at radius 2 is 1.86 bits per heavy atom. The molecule has 0 rings (SSSR count). The molecule has 0 saturated carbocycles. The molecule has 0 heterocycles. The summed E-state index contributed by atoms with van der Waals surface area (Å²) in [6.45, 7) is 6.02. The van der Waals surface area contributed by atoms with Crippen LogP contribution < -0.4 is 0 Å². The van der Waals surface area contributed by atoms with Gasteiger partial charge in [0.25, 0.3) is 0 Å². The van der Waals surface area contributed by atoms with Crippen molar-refractivity contribution >= 4 is 14.4 Å². The molecule has 80 valence electrons. The first kappa shape index (κ1) is 13.3. The summed E-state index contributed by atoms with van der Waals surface area (Å²) in [6, 6.07) is 0. The second-order valence-electron chi connectivity index (χ2n) is 2.80. The highest BCUT2D eigenvalue weighted by Gasteiger charge is 2.13. The van der Waals surface area contributed by atoms with Gasteiger partial charge in [0.05, 0.1) is 12.8 Å². The van der Waals surface area contributed by atoms with Crippen LogP contribution in [0.1, 0.15) is 33.6 Å². The van der Waals surface area contributed by atoms with E-state index in [1.54, 1.807) is 6.92 Å². The lowest BCUT2D eigenvalue weighted by atomic mass is 10.1. The number of hydrogen-bond acceptors (Lipinski definition) is 3.